The van der Waals surface area contributed by atoms with Crippen LogP contribution in [0.15, 0.2) is 72.2 Å². The van der Waals surface area contributed by atoms with E-state index in [1.54, 1.807) is 6.20 Å². The van der Waals surface area contributed by atoms with E-state index in [0.717, 1.165) is 27.0 Å². The number of carbonyl (C=O) groups excluding carboxylic acids is 1. The van der Waals surface area contributed by atoms with Crippen molar-refractivity contribution in [2.75, 3.05) is 0 Å². The Morgan fingerprint density at radius 1 is 1.00 bits per heavy atom. The van der Waals surface area contributed by atoms with Gasteiger partial charge in [0.1, 0.15) is 10.7 Å². The number of amides is 1. The topological polar surface area (TPSA) is 54.9 Å². The molecular weight excluding hydrogens is 330 g/mol. The van der Waals surface area contributed by atoms with Crippen molar-refractivity contribution >= 4 is 28.0 Å². The highest BCUT2D eigenvalue weighted by Gasteiger charge is 2.12. The molecule has 1 N–H and O–H groups in total. The van der Waals surface area contributed by atoms with E-state index >= 15 is 0 Å². The van der Waals surface area contributed by atoms with Gasteiger partial charge in [0.05, 0.1) is 12.2 Å². The van der Waals surface area contributed by atoms with E-state index in [9.17, 15) is 4.79 Å². The quantitative estimate of drug-likeness (QED) is 0.600. The number of hydrogen-bond acceptors (Lipinski definition) is 4. The van der Waals surface area contributed by atoms with Crippen LogP contribution in [0.3, 0.4) is 0 Å². The Kier molecular flexibility index (Phi) is 4.23. The molecule has 1 amide bonds. The van der Waals surface area contributed by atoms with Crippen LogP contribution in [-0.2, 0) is 6.54 Å². The van der Waals surface area contributed by atoms with Crippen molar-refractivity contribution in [3.63, 3.8) is 0 Å². The van der Waals surface area contributed by atoms with Gasteiger partial charge >= 0.3 is 0 Å². The zero-order chi connectivity index (χ0) is 17.1. The highest BCUT2D eigenvalue weighted by molar-refractivity contribution is 7.09. The summed E-state index contributed by atoms with van der Waals surface area (Å²) in [6.07, 6.45) is 1.66. The largest absolute Gasteiger partial charge is 0.344 e. The number of hydrogen-bond donors (Lipinski definition) is 1. The molecule has 4 nitrogen and oxygen atoms in total. The molecule has 4 aromatic rings. The molecule has 2 heterocycles. The van der Waals surface area contributed by atoms with Crippen molar-refractivity contribution < 1.29 is 4.79 Å². The molecule has 0 bridgehead atoms. The predicted octanol–water partition coefficient (Wildman–Crippen LogP) is 4.29. The Labute approximate surface area is 149 Å². The van der Waals surface area contributed by atoms with E-state index in [1.807, 2.05) is 66.0 Å². The van der Waals surface area contributed by atoms with Crippen LogP contribution in [0.1, 0.15) is 15.5 Å². The second-order valence-corrected chi connectivity index (χ2v) is 6.50. The lowest BCUT2D eigenvalue weighted by Crippen LogP contribution is -2.24. The summed E-state index contributed by atoms with van der Waals surface area (Å²) < 4.78 is 0. The van der Waals surface area contributed by atoms with Crippen molar-refractivity contribution in [2.45, 2.75) is 6.54 Å². The first-order chi connectivity index (χ1) is 12.3. The Hall–Kier alpha value is -3.05. The number of benzene rings is 2. The van der Waals surface area contributed by atoms with Gasteiger partial charge in [-0.3, -0.25) is 9.78 Å². The molecular formula is C20H15N3OS. The van der Waals surface area contributed by atoms with Gasteiger partial charge in [0.2, 0.25) is 0 Å². The molecule has 0 aliphatic carbocycles. The Morgan fingerprint density at radius 3 is 2.68 bits per heavy atom. The lowest BCUT2D eigenvalue weighted by molar-refractivity contribution is 0.0947. The molecule has 0 atom stereocenters. The van der Waals surface area contributed by atoms with E-state index < -0.39 is 0 Å². The third-order valence-electron chi connectivity index (χ3n) is 3.91. The van der Waals surface area contributed by atoms with Crippen molar-refractivity contribution in [3.05, 3.63) is 82.9 Å². The van der Waals surface area contributed by atoms with Crippen LogP contribution in [0.4, 0.5) is 0 Å². The minimum atomic E-state index is -0.187. The number of nitrogens with zero attached hydrogens (tertiary/aromatic N) is 2. The van der Waals surface area contributed by atoms with Crippen LogP contribution >= 0.6 is 11.3 Å². The minimum absolute atomic E-state index is 0.187. The average molecular weight is 345 g/mol. The normalized spacial score (nSPS) is 10.7. The summed E-state index contributed by atoms with van der Waals surface area (Å²) in [7, 11) is 0. The standard InChI is InChI=1S/C20H15N3OS/c24-20(19-16-9-5-4-6-14(16)10-11-21-19)22-12-18-23-17(13-25-18)15-7-2-1-3-8-15/h1-11,13H,12H2,(H,22,24). The van der Waals surface area contributed by atoms with Crippen LogP contribution in [0, 0.1) is 0 Å². The number of nitrogens with one attached hydrogen (secondary N) is 1. The maximum atomic E-state index is 12.5. The van der Waals surface area contributed by atoms with Gasteiger partial charge in [-0.2, -0.15) is 0 Å². The van der Waals surface area contributed by atoms with Gasteiger partial charge in [0.25, 0.3) is 5.91 Å². The van der Waals surface area contributed by atoms with Crippen molar-refractivity contribution in [2.24, 2.45) is 0 Å². The van der Waals surface area contributed by atoms with Crippen LogP contribution in [0.5, 0.6) is 0 Å². The smallest absolute Gasteiger partial charge is 0.270 e. The summed E-state index contributed by atoms with van der Waals surface area (Å²) in [5.41, 5.74) is 2.45. The maximum absolute atomic E-state index is 12.5. The first-order valence-corrected chi connectivity index (χ1v) is 8.81. The highest BCUT2D eigenvalue weighted by Crippen LogP contribution is 2.21. The Bertz CT molecular complexity index is 1020. The summed E-state index contributed by atoms with van der Waals surface area (Å²) in [5, 5.41) is 7.65. The summed E-state index contributed by atoms with van der Waals surface area (Å²) in [6, 6.07) is 19.7. The van der Waals surface area contributed by atoms with Crippen molar-refractivity contribution in [3.8, 4) is 11.3 Å². The van der Waals surface area contributed by atoms with Crippen LogP contribution in [0.25, 0.3) is 22.0 Å². The summed E-state index contributed by atoms with van der Waals surface area (Å²) >= 11 is 1.54. The first-order valence-electron chi connectivity index (χ1n) is 7.93. The highest BCUT2D eigenvalue weighted by atomic mass is 32.1. The Morgan fingerprint density at radius 2 is 1.80 bits per heavy atom. The third kappa shape index (κ3) is 3.27. The van der Waals surface area contributed by atoms with Crippen molar-refractivity contribution in [1.29, 1.82) is 0 Å². The van der Waals surface area contributed by atoms with Gasteiger partial charge < -0.3 is 5.32 Å². The molecule has 0 saturated heterocycles. The molecule has 4 rings (SSSR count). The number of rotatable bonds is 4. The van der Waals surface area contributed by atoms with Crippen molar-refractivity contribution in [1.82, 2.24) is 15.3 Å². The molecule has 0 fully saturated rings. The fourth-order valence-corrected chi connectivity index (χ4v) is 3.42. The van der Waals surface area contributed by atoms with Gasteiger partial charge in [-0.25, -0.2) is 4.98 Å². The van der Waals surface area contributed by atoms with Gasteiger partial charge in [-0.1, -0.05) is 54.6 Å². The molecule has 0 saturated carbocycles. The molecule has 5 heteroatoms. The molecule has 25 heavy (non-hydrogen) atoms. The van der Waals surface area contributed by atoms with Crippen LogP contribution in [0.2, 0.25) is 0 Å². The van der Waals surface area contributed by atoms with Crippen LogP contribution in [-0.4, -0.2) is 15.9 Å². The second-order valence-electron chi connectivity index (χ2n) is 5.56. The van der Waals surface area contributed by atoms with E-state index in [4.69, 9.17) is 0 Å². The number of thiazole rings is 1. The number of aromatic nitrogens is 2. The predicted molar refractivity (Wildman–Crippen MR) is 100 cm³/mol. The summed E-state index contributed by atoms with van der Waals surface area (Å²) in [4.78, 5) is 21.3. The number of fused-ring (bicyclic) bond motifs is 1. The average Bonchev–Trinajstić information content (AvgIpc) is 3.15. The molecule has 122 valence electrons. The SMILES string of the molecule is O=C(NCc1nc(-c2ccccc2)cs1)c1nccc2ccccc12. The Balaban J connectivity index is 1.50. The fourth-order valence-electron chi connectivity index (χ4n) is 2.67. The zero-order valence-corrected chi connectivity index (χ0v) is 14.2. The molecule has 0 spiro atoms. The first kappa shape index (κ1) is 15.5. The van der Waals surface area contributed by atoms with E-state index in [2.05, 4.69) is 15.3 Å². The molecule has 2 aromatic heterocycles. The summed E-state index contributed by atoms with van der Waals surface area (Å²) in [5.74, 6) is -0.187. The van der Waals surface area contributed by atoms with E-state index in [-0.39, 0.29) is 5.91 Å². The lowest BCUT2D eigenvalue weighted by atomic mass is 10.1. The van der Waals surface area contributed by atoms with E-state index in [0.29, 0.717) is 12.2 Å². The van der Waals surface area contributed by atoms with Gasteiger partial charge in [-0.15, -0.1) is 11.3 Å². The van der Waals surface area contributed by atoms with Gasteiger partial charge in [0.15, 0.2) is 0 Å². The summed E-state index contributed by atoms with van der Waals surface area (Å²) in [6.45, 7) is 0.390. The van der Waals surface area contributed by atoms with E-state index in [1.165, 1.54) is 11.3 Å². The van der Waals surface area contributed by atoms with Gasteiger partial charge in [-0.05, 0) is 11.5 Å². The van der Waals surface area contributed by atoms with Crippen LogP contribution < -0.4 is 5.32 Å². The zero-order valence-electron chi connectivity index (χ0n) is 13.3. The molecule has 0 aliphatic rings. The monoisotopic (exact) mass is 345 g/mol. The van der Waals surface area contributed by atoms with Gasteiger partial charge in [0, 0.05) is 22.5 Å². The number of carbonyl (C=O) groups is 1. The molecule has 0 radical (unpaired) electrons. The lowest BCUT2D eigenvalue weighted by Gasteiger charge is -2.06. The second kappa shape index (κ2) is 6.83. The minimum Gasteiger partial charge on any atom is -0.344 e. The fraction of sp³-hybridized carbons (Fsp3) is 0.0500. The molecule has 0 unspecified atom stereocenters. The third-order valence-corrected chi connectivity index (χ3v) is 4.76. The molecule has 2 aromatic carbocycles. The maximum Gasteiger partial charge on any atom is 0.270 e. The molecule has 0 aliphatic heterocycles. The number of pyridine rings is 1.